The van der Waals surface area contributed by atoms with Crippen molar-refractivity contribution in [1.29, 1.82) is 0 Å². The van der Waals surface area contributed by atoms with Crippen molar-refractivity contribution in [2.24, 2.45) is 5.92 Å². The summed E-state index contributed by atoms with van der Waals surface area (Å²) in [6.45, 7) is 1.71. The quantitative estimate of drug-likeness (QED) is 0.745. The van der Waals surface area contributed by atoms with Gasteiger partial charge in [-0.2, -0.15) is 0 Å². The van der Waals surface area contributed by atoms with Crippen molar-refractivity contribution < 1.29 is 14.9 Å². The van der Waals surface area contributed by atoms with Crippen molar-refractivity contribution in [1.82, 2.24) is 0 Å². The summed E-state index contributed by atoms with van der Waals surface area (Å²) in [6, 6.07) is 0. The number of hydrogen-bond acceptors (Lipinski definition) is 3. The largest absolute Gasteiger partial charge is 0.487 e. The average molecular weight is 260 g/mol. The zero-order valence-electron chi connectivity index (χ0n) is 11.1. The van der Waals surface area contributed by atoms with Gasteiger partial charge in [-0.15, -0.1) is 5.73 Å². The first-order valence-corrected chi connectivity index (χ1v) is 6.66. The van der Waals surface area contributed by atoms with Crippen LogP contribution < -0.4 is 0 Å². The highest BCUT2D eigenvalue weighted by Crippen LogP contribution is 2.26. The van der Waals surface area contributed by atoms with Gasteiger partial charge in [-0.25, -0.2) is 0 Å². The molecule has 2 aliphatic carbocycles. The van der Waals surface area contributed by atoms with Crippen LogP contribution >= 0.6 is 0 Å². The van der Waals surface area contributed by atoms with Crippen LogP contribution in [-0.2, 0) is 4.74 Å². The van der Waals surface area contributed by atoms with E-state index in [1.807, 2.05) is 31.2 Å². The lowest BCUT2D eigenvalue weighted by Gasteiger charge is -2.29. The van der Waals surface area contributed by atoms with E-state index in [4.69, 9.17) is 4.74 Å². The van der Waals surface area contributed by atoms with E-state index >= 15 is 0 Å². The summed E-state index contributed by atoms with van der Waals surface area (Å²) in [5, 5.41) is 19.2. The van der Waals surface area contributed by atoms with Gasteiger partial charge >= 0.3 is 0 Å². The lowest BCUT2D eigenvalue weighted by atomic mass is 9.96. The minimum absolute atomic E-state index is 0.137. The zero-order valence-corrected chi connectivity index (χ0v) is 11.1. The maximum atomic E-state index is 9.98. The minimum Gasteiger partial charge on any atom is -0.487 e. The first kappa shape index (κ1) is 13.9. The van der Waals surface area contributed by atoms with Crippen LogP contribution in [0, 0.1) is 5.92 Å². The molecule has 2 N–H and O–H groups in total. The Hall–Kier alpha value is -1.54. The SMILES string of the molecule is C[C@H]1C=C=CC=C1O[C@@H](C1=CC=CCC1)[C@H](O)CO. The zero-order chi connectivity index (χ0) is 13.7. The Morgan fingerprint density at radius 2 is 2.32 bits per heavy atom. The fourth-order valence-electron chi connectivity index (χ4n) is 2.21. The van der Waals surface area contributed by atoms with E-state index in [1.165, 1.54) is 0 Å². The van der Waals surface area contributed by atoms with Gasteiger partial charge in [-0.1, -0.05) is 25.2 Å². The molecule has 2 rings (SSSR count). The maximum absolute atomic E-state index is 9.98. The molecule has 3 heteroatoms. The molecule has 0 unspecified atom stereocenters. The molecule has 0 aromatic carbocycles. The van der Waals surface area contributed by atoms with Crippen molar-refractivity contribution >= 4 is 0 Å². The summed E-state index contributed by atoms with van der Waals surface area (Å²) in [5.74, 6) is 0.935. The summed E-state index contributed by atoms with van der Waals surface area (Å²) in [6.07, 6.45) is 12.0. The van der Waals surface area contributed by atoms with Gasteiger partial charge in [0.2, 0.25) is 0 Å². The number of aliphatic hydroxyl groups is 2. The second-order valence-electron chi connectivity index (χ2n) is 4.85. The number of aliphatic hydroxyl groups excluding tert-OH is 2. The molecule has 0 amide bonds. The molecule has 0 spiro atoms. The van der Waals surface area contributed by atoms with Crippen LogP contribution in [0.25, 0.3) is 0 Å². The van der Waals surface area contributed by atoms with Crippen LogP contribution in [0.4, 0.5) is 0 Å². The molecule has 0 saturated carbocycles. The summed E-state index contributed by atoms with van der Waals surface area (Å²) >= 11 is 0. The van der Waals surface area contributed by atoms with Crippen LogP contribution in [-0.4, -0.2) is 29.0 Å². The van der Waals surface area contributed by atoms with Crippen LogP contribution in [0.15, 0.2) is 53.5 Å². The second kappa shape index (κ2) is 6.58. The fourth-order valence-corrected chi connectivity index (χ4v) is 2.21. The fraction of sp³-hybridized carbons (Fsp3) is 0.438. The standard InChI is InChI=1S/C16H20O3/c1-12-7-5-6-10-15(12)19-16(14(18)11-17)13-8-3-2-4-9-13/h2-3,6-8,10,12,14,16-18H,4,9,11H2,1H3/t12-,14+,16-/m0/s1. The lowest BCUT2D eigenvalue weighted by Crippen LogP contribution is -2.34. The van der Waals surface area contributed by atoms with E-state index in [1.54, 1.807) is 6.08 Å². The van der Waals surface area contributed by atoms with Crippen LogP contribution in [0.2, 0.25) is 0 Å². The second-order valence-corrected chi connectivity index (χ2v) is 4.85. The summed E-state index contributed by atoms with van der Waals surface area (Å²) in [4.78, 5) is 0. The van der Waals surface area contributed by atoms with Crippen molar-refractivity contribution in [3.8, 4) is 0 Å². The maximum Gasteiger partial charge on any atom is 0.148 e. The normalized spacial score (nSPS) is 24.7. The molecule has 0 fully saturated rings. The topological polar surface area (TPSA) is 49.7 Å². The van der Waals surface area contributed by atoms with Crippen LogP contribution in [0.3, 0.4) is 0 Å². The highest BCUT2D eigenvalue weighted by molar-refractivity contribution is 5.25. The Morgan fingerprint density at radius 3 is 2.95 bits per heavy atom. The van der Waals surface area contributed by atoms with Crippen molar-refractivity contribution in [2.75, 3.05) is 6.61 Å². The smallest absolute Gasteiger partial charge is 0.148 e. The molecule has 0 aromatic rings. The van der Waals surface area contributed by atoms with Crippen LogP contribution in [0.1, 0.15) is 19.8 Å². The third-order valence-corrected chi connectivity index (χ3v) is 3.35. The molecule has 0 saturated heterocycles. The van der Waals surface area contributed by atoms with Crippen LogP contribution in [0.5, 0.6) is 0 Å². The summed E-state index contributed by atoms with van der Waals surface area (Å²) in [5.41, 5.74) is 4.04. The Labute approximate surface area is 113 Å². The molecule has 0 radical (unpaired) electrons. The number of rotatable bonds is 5. The predicted octanol–water partition coefficient (Wildman–Crippen LogP) is 2.25. The number of ether oxygens (including phenoxy) is 1. The third-order valence-electron chi connectivity index (χ3n) is 3.35. The summed E-state index contributed by atoms with van der Waals surface area (Å²) < 4.78 is 5.94. The first-order valence-electron chi connectivity index (χ1n) is 6.66. The van der Waals surface area contributed by atoms with Gasteiger partial charge in [0.25, 0.3) is 0 Å². The molecular formula is C16H20O3. The van der Waals surface area contributed by atoms with Gasteiger partial charge in [-0.05, 0) is 36.6 Å². The van der Waals surface area contributed by atoms with E-state index in [2.05, 4.69) is 11.8 Å². The van der Waals surface area contributed by atoms with Gasteiger partial charge in [-0.3, -0.25) is 0 Å². The number of allylic oxidation sites excluding steroid dienone is 5. The Balaban J connectivity index is 2.15. The molecule has 0 bridgehead atoms. The molecule has 0 aliphatic heterocycles. The van der Waals surface area contributed by atoms with Gasteiger partial charge in [0.05, 0.1) is 6.61 Å². The van der Waals surface area contributed by atoms with E-state index < -0.39 is 12.2 Å². The molecule has 3 nitrogen and oxygen atoms in total. The summed E-state index contributed by atoms with van der Waals surface area (Å²) in [7, 11) is 0. The average Bonchev–Trinajstić information content (AvgIpc) is 2.46. The molecule has 3 atom stereocenters. The van der Waals surface area contributed by atoms with E-state index in [9.17, 15) is 10.2 Å². The van der Waals surface area contributed by atoms with Gasteiger partial charge < -0.3 is 14.9 Å². The Kier molecular flexibility index (Phi) is 4.80. The monoisotopic (exact) mass is 260 g/mol. The highest BCUT2D eigenvalue weighted by Gasteiger charge is 2.26. The molecular weight excluding hydrogens is 240 g/mol. The van der Waals surface area contributed by atoms with E-state index in [0.717, 1.165) is 24.2 Å². The molecule has 0 aromatic heterocycles. The third kappa shape index (κ3) is 3.48. The molecule has 0 heterocycles. The molecule has 19 heavy (non-hydrogen) atoms. The minimum atomic E-state index is -0.902. The van der Waals surface area contributed by atoms with Gasteiger partial charge in [0.1, 0.15) is 18.0 Å². The molecule has 102 valence electrons. The van der Waals surface area contributed by atoms with E-state index in [-0.39, 0.29) is 12.5 Å². The van der Waals surface area contributed by atoms with Crippen molar-refractivity contribution in [3.63, 3.8) is 0 Å². The lowest BCUT2D eigenvalue weighted by molar-refractivity contribution is -0.0190. The van der Waals surface area contributed by atoms with E-state index in [0.29, 0.717) is 0 Å². The first-order chi connectivity index (χ1) is 9.22. The number of hydrogen-bond donors (Lipinski definition) is 2. The molecule has 2 aliphatic rings. The van der Waals surface area contributed by atoms with Crippen molar-refractivity contribution in [3.05, 3.63) is 53.5 Å². The predicted molar refractivity (Wildman–Crippen MR) is 74.3 cm³/mol. The van der Waals surface area contributed by atoms with Crippen molar-refractivity contribution in [2.45, 2.75) is 32.0 Å². The van der Waals surface area contributed by atoms with Gasteiger partial charge in [0, 0.05) is 5.92 Å². The van der Waals surface area contributed by atoms with Gasteiger partial charge in [0.15, 0.2) is 0 Å². The Bertz CT molecular complexity index is 464. The highest BCUT2D eigenvalue weighted by atomic mass is 16.5. The Morgan fingerprint density at radius 1 is 1.47 bits per heavy atom.